The summed E-state index contributed by atoms with van der Waals surface area (Å²) in [5.74, 6) is 4.13. The molecular formula is C15H19N3O2. The van der Waals surface area contributed by atoms with Gasteiger partial charge in [0.25, 0.3) is 0 Å². The van der Waals surface area contributed by atoms with E-state index in [-0.39, 0.29) is 0 Å². The lowest BCUT2D eigenvalue weighted by Crippen LogP contribution is -2.25. The van der Waals surface area contributed by atoms with Gasteiger partial charge in [0.15, 0.2) is 0 Å². The molecular weight excluding hydrogens is 254 g/mol. The molecule has 0 aromatic carbocycles. The van der Waals surface area contributed by atoms with Crippen LogP contribution in [-0.4, -0.2) is 16.2 Å². The lowest BCUT2D eigenvalue weighted by molar-refractivity contribution is 0.441. The first-order valence-electron chi connectivity index (χ1n) is 7.36. The summed E-state index contributed by atoms with van der Waals surface area (Å²) in [6.07, 6.45) is 3.63. The van der Waals surface area contributed by atoms with Crippen LogP contribution in [-0.2, 0) is 6.54 Å². The second kappa shape index (κ2) is 4.36. The van der Waals surface area contributed by atoms with Crippen molar-refractivity contribution in [3.8, 4) is 0 Å². The molecule has 2 aliphatic carbocycles. The maximum absolute atomic E-state index is 5.98. The van der Waals surface area contributed by atoms with E-state index in [2.05, 4.69) is 34.2 Å². The zero-order valence-electron chi connectivity index (χ0n) is 11.9. The van der Waals surface area contributed by atoms with Gasteiger partial charge in [0.2, 0.25) is 5.89 Å². The fraction of sp³-hybridized carbons (Fsp3) is 0.600. The molecule has 20 heavy (non-hydrogen) atoms. The van der Waals surface area contributed by atoms with E-state index >= 15 is 0 Å². The van der Waals surface area contributed by atoms with Crippen LogP contribution in [0.15, 0.2) is 21.0 Å². The average molecular weight is 273 g/mol. The van der Waals surface area contributed by atoms with Gasteiger partial charge in [-0.05, 0) is 37.3 Å². The zero-order valence-corrected chi connectivity index (χ0v) is 11.9. The number of aryl methyl sites for hydroxylation is 1. The standard InChI is InChI=1S/C15H19N3O2/c1-9-7-13(9)14-6-5-12(20-14)8-18(11-3-4-11)15-17-16-10(2)19-15/h5-6,9,11,13H,3-4,7-8H2,1-2H3/t9-,13+/m0/s1. The Labute approximate surface area is 118 Å². The molecule has 2 atom stereocenters. The molecule has 2 aromatic rings. The number of aromatic nitrogens is 2. The maximum atomic E-state index is 5.98. The van der Waals surface area contributed by atoms with Gasteiger partial charge in [-0.25, -0.2) is 0 Å². The molecule has 2 saturated carbocycles. The molecule has 2 fully saturated rings. The lowest BCUT2D eigenvalue weighted by atomic mass is 10.3. The second-order valence-electron chi connectivity index (χ2n) is 6.09. The third-order valence-electron chi connectivity index (χ3n) is 4.23. The maximum Gasteiger partial charge on any atom is 0.318 e. The molecule has 2 aromatic heterocycles. The van der Waals surface area contributed by atoms with Gasteiger partial charge in [-0.3, -0.25) is 0 Å². The number of furan rings is 1. The Morgan fingerprint density at radius 1 is 1.25 bits per heavy atom. The van der Waals surface area contributed by atoms with Crippen molar-refractivity contribution >= 4 is 6.01 Å². The van der Waals surface area contributed by atoms with Crippen LogP contribution < -0.4 is 4.90 Å². The quantitative estimate of drug-likeness (QED) is 0.837. The fourth-order valence-electron chi connectivity index (χ4n) is 2.71. The van der Waals surface area contributed by atoms with Gasteiger partial charge >= 0.3 is 6.01 Å². The highest BCUT2D eigenvalue weighted by molar-refractivity contribution is 5.31. The molecule has 0 radical (unpaired) electrons. The molecule has 0 aliphatic heterocycles. The van der Waals surface area contributed by atoms with E-state index in [1.165, 1.54) is 19.3 Å². The van der Waals surface area contributed by atoms with E-state index in [1.807, 2.05) is 6.92 Å². The number of hydrogen-bond acceptors (Lipinski definition) is 5. The number of hydrogen-bond donors (Lipinski definition) is 0. The molecule has 5 heteroatoms. The van der Waals surface area contributed by atoms with Gasteiger partial charge in [-0.2, -0.15) is 0 Å². The first-order valence-corrected chi connectivity index (χ1v) is 7.36. The Hall–Kier alpha value is -1.78. The van der Waals surface area contributed by atoms with Gasteiger partial charge in [0.05, 0.1) is 6.54 Å². The number of anilines is 1. The van der Waals surface area contributed by atoms with E-state index in [1.54, 1.807) is 0 Å². The predicted molar refractivity (Wildman–Crippen MR) is 73.5 cm³/mol. The Kier molecular flexibility index (Phi) is 2.62. The Bertz CT molecular complexity index is 614. The third-order valence-corrected chi connectivity index (χ3v) is 4.23. The Morgan fingerprint density at radius 2 is 2.05 bits per heavy atom. The lowest BCUT2D eigenvalue weighted by Gasteiger charge is -2.17. The second-order valence-corrected chi connectivity index (χ2v) is 6.09. The highest BCUT2D eigenvalue weighted by Crippen LogP contribution is 2.47. The summed E-state index contributed by atoms with van der Waals surface area (Å²) >= 11 is 0. The Morgan fingerprint density at radius 3 is 2.65 bits per heavy atom. The van der Waals surface area contributed by atoms with Crippen molar-refractivity contribution in [1.29, 1.82) is 0 Å². The fourth-order valence-corrected chi connectivity index (χ4v) is 2.71. The minimum absolute atomic E-state index is 0.517. The van der Waals surface area contributed by atoms with Crippen molar-refractivity contribution in [3.63, 3.8) is 0 Å². The molecule has 0 unspecified atom stereocenters. The van der Waals surface area contributed by atoms with E-state index < -0.39 is 0 Å². The van der Waals surface area contributed by atoms with E-state index in [0.717, 1.165) is 17.4 Å². The van der Waals surface area contributed by atoms with Crippen LogP contribution in [0.3, 0.4) is 0 Å². The highest BCUT2D eigenvalue weighted by Gasteiger charge is 2.37. The minimum Gasteiger partial charge on any atom is -0.464 e. The molecule has 0 spiro atoms. The molecule has 2 aliphatic rings. The van der Waals surface area contributed by atoms with Gasteiger partial charge in [0, 0.05) is 18.9 Å². The monoisotopic (exact) mass is 273 g/mol. The summed E-state index contributed by atoms with van der Waals surface area (Å²) in [6, 6.07) is 5.33. The first-order chi connectivity index (χ1) is 9.70. The van der Waals surface area contributed by atoms with Crippen molar-refractivity contribution in [2.45, 2.75) is 51.6 Å². The smallest absolute Gasteiger partial charge is 0.318 e. The van der Waals surface area contributed by atoms with Crippen LogP contribution in [0.2, 0.25) is 0 Å². The SMILES string of the molecule is Cc1nnc(N(Cc2ccc([C@@H]3C[C@@H]3C)o2)C2CC2)o1. The largest absolute Gasteiger partial charge is 0.464 e. The van der Waals surface area contributed by atoms with Crippen molar-refractivity contribution in [2.24, 2.45) is 5.92 Å². The molecule has 0 bridgehead atoms. The molecule has 106 valence electrons. The van der Waals surface area contributed by atoms with Crippen molar-refractivity contribution in [3.05, 3.63) is 29.5 Å². The van der Waals surface area contributed by atoms with Crippen molar-refractivity contribution in [1.82, 2.24) is 10.2 Å². The van der Waals surface area contributed by atoms with Crippen molar-refractivity contribution in [2.75, 3.05) is 4.90 Å². The summed E-state index contributed by atoms with van der Waals surface area (Å²) in [4.78, 5) is 2.17. The molecule has 5 nitrogen and oxygen atoms in total. The first kappa shape index (κ1) is 12.0. The molecule has 2 heterocycles. The van der Waals surface area contributed by atoms with Crippen LogP contribution in [0.1, 0.15) is 49.5 Å². The average Bonchev–Trinajstić information content (AvgIpc) is 3.30. The molecule has 0 N–H and O–H groups in total. The molecule has 0 saturated heterocycles. The summed E-state index contributed by atoms with van der Waals surface area (Å²) in [5.41, 5.74) is 0. The van der Waals surface area contributed by atoms with Crippen LogP contribution in [0.4, 0.5) is 6.01 Å². The summed E-state index contributed by atoms with van der Waals surface area (Å²) in [7, 11) is 0. The summed E-state index contributed by atoms with van der Waals surface area (Å²) in [6.45, 7) is 4.80. The topological polar surface area (TPSA) is 55.3 Å². The van der Waals surface area contributed by atoms with Gasteiger partial charge < -0.3 is 13.7 Å². The summed E-state index contributed by atoms with van der Waals surface area (Å²) < 4.78 is 11.5. The van der Waals surface area contributed by atoms with Crippen LogP contribution >= 0.6 is 0 Å². The highest BCUT2D eigenvalue weighted by atomic mass is 16.4. The van der Waals surface area contributed by atoms with Crippen molar-refractivity contribution < 1.29 is 8.83 Å². The van der Waals surface area contributed by atoms with Gasteiger partial charge in [-0.15, -0.1) is 5.10 Å². The predicted octanol–water partition coefficient (Wildman–Crippen LogP) is 3.26. The number of nitrogens with zero attached hydrogens (tertiary/aromatic N) is 3. The van der Waals surface area contributed by atoms with Gasteiger partial charge in [0.1, 0.15) is 11.5 Å². The number of rotatable bonds is 5. The Balaban J connectivity index is 1.51. The summed E-state index contributed by atoms with van der Waals surface area (Å²) in [5, 5.41) is 8.06. The van der Waals surface area contributed by atoms with Crippen LogP contribution in [0.5, 0.6) is 0 Å². The van der Waals surface area contributed by atoms with E-state index in [0.29, 0.717) is 30.4 Å². The van der Waals surface area contributed by atoms with E-state index in [9.17, 15) is 0 Å². The third kappa shape index (κ3) is 2.21. The molecule has 4 rings (SSSR count). The van der Waals surface area contributed by atoms with Gasteiger partial charge in [-0.1, -0.05) is 12.0 Å². The zero-order chi connectivity index (χ0) is 13.7. The minimum atomic E-state index is 0.517. The normalized spacial score (nSPS) is 24.9. The van der Waals surface area contributed by atoms with Crippen LogP contribution in [0.25, 0.3) is 0 Å². The van der Waals surface area contributed by atoms with Crippen LogP contribution in [0, 0.1) is 12.8 Å². The molecule has 0 amide bonds. The van der Waals surface area contributed by atoms with E-state index in [4.69, 9.17) is 8.83 Å².